The molecule has 0 unspecified atom stereocenters. The van der Waals surface area contributed by atoms with Crippen LogP contribution in [0.25, 0.3) is 0 Å². The number of ether oxygens (including phenoxy) is 3. The molecule has 0 bridgehead atoms. The van der Waals surface area contributed by atoms with Crippen LogP contribution in [0.4, 0.5) is 17.1 Å². The summed E-state index contributed by atoms with van der Waals surface area (Å²) < 4.78 is 45.5. The summed E-state index contributed by atoms with van der Waals surface area (Å²) >= 11 is 0. The molecular formula is C28H26N4O7S. The summed E-state index contributed by atoms with van der Waals surface area (Å²) in [6, 6.07) is 24.7. The van der Waals surface area contributed by atoms with Crippen LogP contribution in [-0.4, -0.2) is 33.8 Å². The van der Waals surface area contributed by atoms with E-state index in [1.807, 2.05) is 30.3 Å². The first-order valence-corrected chi connectivity index (χ1v) is 13.4. The summed E-state index contributed by atoms with van der Waals surface area (Å²) in [6.07, 6.45) is 1.45. The van der Waals surface area contributed by atoms with Gasteiger partial charge in [-0.15, -0.1) is 0 Å². The average molecular weight is 563 g/mol. The Kier molecular flexibility index (Phi) is 8.82. The maximum Gasteiger partial charge on any atom is 0.270 e. The van der Waals surface area contributed by atoms with Crippen molar-refractivity contribution in [2.24, 2.45) is 5.10 Å². The quantitative estimate of drug-likeness (QED) is 0.132. The first-order chi connectivity index (χ1) is 19.3. The number of anilines is 2. The summed E-state index contributed by atoms with van der Waals surface area (Å²) in [5.41, 5.74) is 4.12. The van der Waals surface area contributed by atoms with Gasteiger partial charge < -0.3 is 14.2 Å². The van der Waals surface area contributed by atoms with Crippen LogP contribution < -0.4 is 24.4 Å². The van der Waals surface area contributed by atoms with E-state index in [2.05, 4.69) is 15.2 Å². The molecule has 4 aromatic rings. The first-order valence-electron chi connectivity index (χ1n) is 11.9. The first kappa shape index (κ1) is 27.9. The third-order valence-corrected chi connectivity index (χ3v) is 7.05. The number of nitrogens with zero attached hydrogens (tertiary/aromatic N) is 2. The Hall–Kier alpha value is -5.10. The number of rotatable bonds is 12. The zero-order chi connectivity index (χ0) is 28.5. The molecule has 0 aliphatic heterocycles. The second kappa shape index (κ2) is 12.6. The number of hydrogen-bond donors (Lipinski definition) is 2. The predicted molar refractivity (Wildman–Crippen MR) is 152 cm³/mol. The van der Waals surface area contributed by atoms with Gasteiger partial charge in [0.25, 0.3) is 15.7 Å². The van der Waals surface area contributed by atoms with Crippen LogP contribution in [0.3, 0.4) is 0 Å². The van der Waals surface area contributed by atoms with Crippen molar-refractivity contribution < 1.29 is 27.6 Å². The lowest BCUT2D eigenvalue weighted by Gasteiger charge is -2.14. The van der Waals surface area contributed by atoms with E-state index in [0.29, 0.717) is 23.7 Å². The second-order valence-electron chi connectivity index (χ2n) is 8.30. The Morgan fingerprint density at radius 2 is 1.57 bits per heavy atom. The molecule has 206 valence electrons. The van der Waals surface area contributed by atoms with Gasteiger partial charge in [0.05, 0.1) is 36.7 Å². The summed E-state index contributed by atoms with van der Waals surface area (Å²) in [5, 5.41) is 15.5. The largest absolute Gasteiger partial charge is 0.495 e. The third kappa shape index (κ3) is 6.85. The molecule has 0 aliphatic carbocycles. The fraction of sp³-hybridized carbons (Fsp3) is 0.107. The van der Waals surface area contributed by atoms with Crippen molar-refractivity contribution in [1.82, 2.24) is 0 Å². The smallest absolute Gasteiger partial charge is 0.270 e. The van der Waals surface area contributed by atoms with Gasteiger partial charge in [-0.05, 0) is 47.5 Å². The fourth-order valence-corrected chi connectivity index (χ4v) is 4.91. The highest BCUT2D eigenvalue weighted by atomic mass is 32.2. The molecule has 4 aromatic carbocycles. The van der Waals surface area contributed by atoms with E-state index < -0.39 is 20.6 Å². The zero-order valence-electron chi connectivity index (χ0n) is 21.6. The number of sulfonamides is 1. The van der Waals surface area contributed by atoms with Crippen molar-refractivity contribution >= 4 is 33.3 Å². The van der Waals surface area contributed by atoms with Crippen LogP contribution in [0, 0.1) is 10.1 Å². The van der Waals surface area contributed by atoms with Crippen molar-refractivity contribution in [2.45, 2.75) is 11.5 Å². The molecular weight excluding hydrogens is 536 g/mol. The zero-order valence-corrected chi connectivity index (χ0v) is 22.4. The molecule has 0 atom stereocenters. The van der Waals surface area contributed by atoms with Gasteiger partial charge in [-0.2, -0.15) is 5.10 Å². The molecule has 40 heavy (non-hydrogen) atoms. The van der Waals surface area contributed by atoms with Gasteiger partial charge in [0, 0.05) is 12.1 Å². The van der Waals surface area contributed by atoms with Crippen LogP contribution in [0.15, 0.2) is 101 Å². The molecule has 0 saturated heterocycles. The normalized spacial score (nSPS) is 11.2. The van der Waals surface area contributed by atoms with E-state index in [9.17, 15) is 18.5 Å². The molecule has 11 nitrogen and oxygen atoms in total. The van der Waals surface area contributed by atoms with E-state index in [-0.39, 0.29) is 22.0 Å². The standard InChI is InChI=1S/C28H26N4O7S/c1-37-25-11-7-6-10-23(25)31-40(35,36)28-17-22(32(33)34)13-14-24(28)30-29-18-21-12-15-26(27(16-21)38-2)39-19-20-8-4-3-5-9-20/h3-18,30-31H,19H2,1-2H3. The van der Waals surface area contributed by atoms with Crippen molar-refractivity contribution in [3.8, 4) is 17.2 Å². The molecule has 0 aliphatic rings. The number of hydrazone groups is 1. The molecule has 4 rings (SSSR count). The Balaban J connectivity index is 1.55. The van der Waals surface area contributed by atoms with E-state index in [1.54, 1.807) is 36.4 Å². The minimum Gasteiger partial charge on any atom is -0.495 e. The molecule has 12 heteroatoms. The van der Waals surface area contributed by atoms with Crippen LogP contribution in [-0.2, 0) is 16.6 Å². The molecule has 0 heterocycles. The number of nitro benzene ring substituents is 1. The second-order valence-corrected chi connectivity index (χ2v) is 9.95. The van der Waals surface area contributed by atoms with Gasteiger partial charge in [0.1, 0.15) is 17.3 Å². The number of non-ortho nitro benzene ring substituents is 1. The van der Waals surface area contributed by atoms with Gasteiger partial charge in [0.2, 0.25) is 0 Å². The maximum absolute atomic E-state index is 13.3. The highest BCUT2D eigenvalue weighted by molar-refractivity contribution is 7.93. The van der Waals surface area contributed by atoms with Crippen molar-refractivity contribution in [3.05, 3.63) is 112 Å². The van der Waals surface area contributed by atoms with Gasteiger partial charge in [-0.3, -0.25) is 20.3 Å². The van der Waals surface area contributed by atoms with E-state index >= 15 is 0 Å². The summed E-state index contributed by atoms with van der Waals surface area (Å²) in [4.78, 5) is 10.3. The van der Waals surface area contributed by atoms with Crippen molar-refractivity contribution in [1.29, 1.82) is 0 Å². The number of hydrogen-bond acceptors (Lipinski definition) is 9. The minimum absolute atomic E-state index is 0.0269. The lowest BCUT2D eigenvalue weighted by atomic mass is 10.2. The average Bonchev–Trinajstić information content (AvgIpc) is 2.97. The van der Waals surface area contributed by atoms with Gasteiger partial charge in [-0.25, -0.2) is 8.42 Å². The Morgan fingerprint density at radius 1 is 0.850 bits per heavy atom. The summed E-state index contributed by atoms with van der Waals surface area (Å²) in [5.74, 6) is 1.32. The third-order valence-electron chi connectivity index (χ3n) is 5.64. The minimum atomic E-state index is -4.28. The molecule has 0 saturated carbocycles. The molecule has 0 radical (unpaired) electrons. The number of methoxy groups -OCH3 is 2. The Bertz CT molecular complexity index is 1630. The number of nitro groups is 1. The summed E-state index contributed by atoms with van der Waals surface area (Å²) in [7, 11) is -1.36. The molecule has 2 N–H and O–H groups in total. The van der Waals surface area contributed by atoms with Gasteiger partial charge >= 0.3 is 0 Å². The highest BCUT2D eigenvalue weighted by Crippen LogP contribution is 2.32. The molecule has 0 fully saturated rings. The van der Waals surface area contributed by atoms with Crippen LogP contribution in [0.1, 0.15) is 11.1 Å². The van der Waals surface area contributed by atoms with Crippen LogP contribution in [0.5, 0.6) is 17.2 Å². The maximum atomic E-state index is 13.3. The lowest BCUT2D eigenvalue weighted by molar-refractivity contribution is -0.385. The van der Waals surface area contributed by atoms with Crippen LogP contribution in [0.2, 0.25) is 0 Å². The lowest BCUT2D eigenvalue weighted by Crippen LogP contribution is -2.15. The van der Waals surface area contributed by atoms with Crippen LogP contribution >= 0.6 is 0 Å². The van der Waals surface area contributed by atoms with Crippen molar-refractivity contribution in [3.63, 3.8) is 0 Å². The predicted octanol–water partition coefficient (Wildman–Crippen LogP) is 5.44. The topological polar surface area (TPSA) is 141 Å². The van der Waals surface area contributed by atoms with E-state index in [1.165, 1.54) is 38.6 Å². The fourth-order valence-electron chi connectivity index (χ4n) is 3.66. The molecule has 0 spiro atoms. The Labute approximate surface area is 231 Å². The van der Waals surface area contributed by atoms with Gasteiger partial charge in [-0.1, -0.05) is 42.5 Å². The SMILES string of the molecule is COc1ccccc1NS(=O)(=O)c1cc([N+](=O)[O-])ccc1NN=Cc1ccc(OCc2ccccc2)c(OC)c1. The van der Waals surface area contributed by atoms with E-state index in [0.717, 1.165) is 11.6 Å². The van der Waals surface area contributed by atoms with E-state index in [4.69, 9.17) is 14.2 Å². The summed E-state index contributed by atoms with van der Waals surface area (Å²) in [6.45, 7) is 0.368. The highest BCUT2D eigenvalue weighted by Gasteiger charge is 2.23. The molecule has 0 amide bonds. The number of benzene rings is 4. The number of nitrogens with one attached hydrogen (secondary N) is 2. The monoisotopic (exact) mass is 562 g/mol. The van der Waals surface area contributed by atoms with Crippen molar-refractivity contribution in [2.75, 3.05) is 24.4 Å². The number of para-hydroxylation sites is 2. The Morgan fingerprint density at radius 3 is 2.30 bits per heavy atom. The van der Waals surface area contributed by atoms with Gasteiger partial charge in [0.15, 0.2) is 11.5 Å². The molecule has 0 aromatic heterocycles.